The number of benzene rings is 1. The zero-order valence-corrected chi connectivity index (χ0v) is 16.9. The van der Waals surface area contributed by atoms with Gasteiger partial charge in [0.2, 0.25) is 5.91 Å². The first-order chi connectivity index (χ1) is 12.9. The second-order valence-corrected chi connectivity index (χ2v) is 7.57. The summed E-state index contributed by atoms with van der Waals surface area (Å²) in [6.45, 7) is 9.14. The van der Waals surface area contributed by atoms with Gasteiger partial charge < -0.3 is 9.47 Å². The molecule has 1 aromatic rings. The standard InChI is InChI=1S/C21H32N2O4/c1-5-26-12-11-21(9-6-10-21)20(25)23-22-19(24)14-27-18-13-16(4)7-8-17(18)15(2)3/h7-8,13,15H,5-6,9-12,14H2,1-4H3,(H,22,24)(H,23,25). The summed E-state index contributed by atoms with van der Waals surface area (Å²) in [6, 6.07) is 5.98. The SMILES string of the molecule is CCOCCC1(C(=O)NNC(=O)COc2cc(C)ccc2C(C)C)CCC1. The average molecular weight is 376 g/mol. The van der Waals surface area contributed by atoms with Crippen LogP contribution in [-0.4, -0.2) is 31.6 Å². The summed E-state index contributed by atoms with van der Waals surface area (Å²) in [5, 5.41) is 0. The number of carbonyl (C=O) groups excluding carboxylic acids is 2. The molecule has 150 valence electrons. The zero-order chi connectivity index (χ0) is 19.9. The van der Waals surface area contributed by atoms with Crippen molar-refractivity contribution in [3.8, 4) is 5.75 Å². The Morgan fingerprint density at radius 1 is 1.22 bits per heavy atom. The molecule has 0 atom stereocenters. The van der Waals surface area contributed by atoms with Crippen molar-refractivity contribution >= 4 is 11.8 Å². The summed E-state index contributed by atoms with van der Waals surface area (Å²) in [6.07, 6.45) is 3.38. The molecule has 0 radical (unpaired) electrons. The van der Waals surface area contributed by atoms with E-state index in [0.29, 0.717) is 31.3 Å². The first-order valence-corrected chi connectivity index (χ1v) is 9.78. The van der Waals surface area contributed by atoms with Crippen molar-refractivity contribution in [3.63, 3.8) is 0 Å². The summed E-state index contributed by atoms with van der Waals surface area (Å²) >= 11 is 0. The molecule has 2 N–H and O–H groups in total. The van der Waals surface area contributed by atoms with Gasteiger partial charge in [-0.3, -0.25) is 20.4 Å². The van der Waals surface area contributed by atoms with Gasteiger partial charge in [0.25, 0.3) is 5.91 Å². The Hall–Kier alpha value is -2.08. The number of rotatable bonds is 9. The van der Waals surface area contributed by atoms with E-state index in [1.807, 2.05) is 32.0 Å². The van der Waals surface area contributed by atoms with Crippen LogP contribution < -0.4 is 15.6 Å². The fourth-order valence-electron chi connectivity index (χ4n) is 3.29. The Morgan fingerprint density at radius 3 is 2.56 bits per heavy atom. The minimum absolute atomic E-state index is 0.139. The summed E-state index contributed by atoms with van der Waals surface area (Å²) < 4.78 is 11.1. The van der Waals surface area contributed by atoms with Gasteiger partial charge in [0, 0.05) is 13.2 Å². The monoisotopic (exact) mass is 376 g/mol. The molecule has 1 aromatic carbocycles. The maximum Gasteiger partial charge on any atom is 0.276 e. The Kier molecular flexibility index (Phi) is 7.66. The molecule has 0 spiro atoms. The second-order valence-electron chi connectivity index (χ2n) is 7.57. The van der Waals surface area contributed by atoms with Crippen molar-refractivity contribution < 1.29 is 19.1 Å². The molecule has 1 aliphatic carbocycles. The minimum Gasteiger partial charge on any atom is -0.483 e. The smallest absolute Gasteiger partial charge is 0.276 e. The Labute approximate surface area is 162 Å². The average Bonchev–Trinajstić information content (AvgIpc) is 2.60. The van der Waals surface area contributed by atoms with Gasteiger partial charge in [-0.05, 0) is 56.2 Å². The predicted molar refractivity (Wildman–Crippen MR) is 104 cm³/mol. The highest BCUT2D eigenvalue weighted by Crippen LogP contribution is 2.44. The molecular formula is C21H32N2O4. The number of nitrogens with one attached hydrogen (secondary N) is 2. The van der Waals surface area contributed by atoms with E-state index in [9.17, 15) is 9.59 Å². The van der Waals surface area contributed by atoms with Crippen LogP contribution in [0.15, 0.2) is 18.2 Å². The predicted octanol–water partition coefficient (Wildman–Crippen LogP) is 3.24. The summed E-state index contributed by atoms with van der Waals surface area (Å²) in [7, 11) is 0. The number of amides is 2. The molecule has 6 nitrogen and oxygen atoms in total. The molecule has 1 fully saturated rings. The molecular weight excluding hydrogens is 344 g/mol. The molecule has 0 heterocycles. The number of ether oxygens (including phenoxy) is 2. The molecule has 2 amide bonds. The first kappa shape index (κ1) is 21.2. The van der Waals surface area contributed by atoms with Gasteiger partial charge in [-0.15, -0.1) is 0 Å². The normalized spacial score (nSPS) is 15.1. The van der Waals surface area contributed by atoms with Crippen molar-refractivity contribution in [2.45, 2.75) is 59.3 Å². The molecule has 0 aromatic heterocycles. The lowest BCUT2D eigenvalue weighted by molar-refractivity contribution is -0.141. The maximum absolute atomic E-state index is 12.5. The van der Waals surface area contributed by atoms with E-state index in [1.54, 1.807) is 0 Å². The van der Waals surface area contributed by atoms with Crippen molar-refractivity contribution in [3.05, 3.63) is 29.3 Å². The van der Waals surface area contributed by atoms with E-state index in [1.165, 1.54) is 0 Å². The van der Waals surface area contributed by atoms with Gasteiger partial charge >= 0.3 is 0 Å². The maximum atomic E-state index is 12.5. The van der Waals surface area contributed by atoms with Crippen LogP contribution in [0.1, 0.15) is 63.5 Å². The van der Waals surface area contributed by atoms with Crippen LogP contribution in [0.25, 0.3) is 0 Å². The fraction of sp³-hybridized carbons (Fsp3) is 0.619. The highest BCUT2D eigenvalue weighted by molar-refractivity contribution is 5.86. The Balaban J connectivity index is 1.82. The third-order valence-corrected chi connectivity index (χ3v) is 5.19. The topological polar surface area (TPSA) is 76.7 Å². The summed E-state index contributed by atoms with van der Waals surface area (Å²) in [5.41, 5.74) is 6.76. The lowest BCUT2D eigenvalue weighted by atomic mass is 9.66. The third kappa shape index (κ3) is 5.70. The van der Waals surface area contributed by atoms with Crippen LogP contribution in [0.4, 0.5) is 0 Å². The number of hydrazine groups is 1. The summed E-state index contributed by atoms with van der Waals surface area (Å²) in [5.74, 6) is 0.491. The molecule has 0 saturated heterocycles. The number of hydrogen-bond acceptors (Lipinski definition) is 4. The number of aryl methyl sites for hydroxylation is 1. The lowest BCUT2D eigenvalue weighted by Crippen LogP contribution is -2.53. The van der Waals surface area contributed by atoms with Gasteiger partial charge in [-0.25, -0.2) is 0 Å². The molecule has 1 aliphatic rings. The second kappa shape index (κ2) is 9.74. The quantitative estimate of drug-likeness (QED) is 0.512. The molecule has 0 aliphatic heterocycles. The van der Waals surface area contributed by atoms with E-state index in [4.69, 9.17) is 9.47 Å². The number of carbonyl (C=O) groups is 2. The van der Waals surface area contributed by atoms with Gasteiger partial charge in [0.15, 0.2) is 6.61 Å². The van der Waals surface area contributed by atoms with Crippen LogP contribution >= 0.6 is 0 Å². The van der Waals surface area contributed by atoms with Gasteiger partial charge in [0.1, 0.15) is 5.75 Å². The van der Waals surface area contributed by atoms with Crippen molar-refractivity contribution in [1.29, 1.82) is 0 Å². The minimum atomic E-state index is -0.412. The number of hydrogen-bond donors (Lipinski definition) is 2. The lowest BCUT2D eigenvalue weighted by Gasteiger charge is -2.40. The van der Waals surface area contributed by atoms with Crippen LogP contribution in [0.2, 0.25) is 0 Å². The Morgan fingerprint density at radius 2 is 1.96 bits per heavy atom. The van der Waals surface area contributed by atoms with Crippen LogP contribution in [0, 0.1) is 12.3 Å². The van der Waals surface area contributed by atoms with E-state index in [0.717, 1.165) is 30.4 Å². The van der Waals surface area contributed by atoms with Crippen molar-refractivity contribution in [1.82, 2.24) is 10.9 Å². The van der Waals surface area contributed by atoms with Gasteiger partial charge in [-0.2, -0.15) is 0 Å². The summed E-state index contributed by atoms with van der Waals surface area (Å²) in [4.78, 5) is 24.6. The third-order valence-electron chi connectivity index (χ3n) is 5.19. The van der Waals surface area contributed by atoms with Crippen molar-refractivity contribution in [2.75, 3.05) is 19.8 Å². The van der Waals surface area contributed by atoms with Crippen molar-refractivity contribution in [2.24, 2.45) is 5.41 Å². The molecule has 6 heteroatoms. The Bertz CT molecular complexity index is 654. The van der Waals surface area contributed by atoms with Gasteiger partial charge in [0.05, 0.1) is 5.41 Å². The van der Waals surface area contributed by atoms with E-state index >= 15 is 0 Å². The van der Waals surface area contributed by atoms with E-state index in [-0.39, 0.29) is 18.4 Å². The molecule has 0 unspecified atom stereocenters. The van der Waals surface area contributed by atoms with Gasteiger partial charge in [-0.1, -0.05) is 32.4 Å². The highest BCUT2D eigenvalue weighted by atomic mass is 16.5. The van der Waals surface area contributed by atoms with Crippen LogP contribution in [0.5, 0.6) is 5.75 Å². The van der Waals surface area contributed by atoms with E-state index in [2.05, 4.69) is 24.7 Å². The van der Waals surface area contributed by atoms with E-state index < -0.39 is 5.41 Å². The molecule has 2 rings (SSSR count). The molecule has 0 bridgehead atoms. The van der Waals surface area contributed by atoms with Crippen LogP contribution in [0.3, 0.4) is 0 Å². The largest absolute Gasteiger partial charge is 0.483 e. The first-order valence-electron chi connectivity index (χ1n) is 9.78. The molecule has 1 saturated carbocycles. The fourth-order valence-corrected chi connectivity index (χ4v) is 3.29. The molecule has 27 heavy (non-hydrogen) atoms. The highest BCUT2D eigenvalue weighted by Gasteiger charge is 2.43. The zero-order valence-electron chi connectivity index (χ0n) is 16.9. The van der Waals surface area contributed by atoms with Crippen LogP contribution in [-0.2, 0) is 14.3 Å².